The van der Waals surface area contributed by atoms with E-state index in [1.807, 2.05) is 36.4 Å². The number of carbonyl (C=O) groups is 2. The molecule has 3 rings (SSSR count). The first-order valence-corrected chi connectivity index (χ1v) is 9.82. The summed E-state index contributed by atoms with van der Waals surface area (Å²) in [5.41, 5.74) is 0.0516. The number of hydrogen-bond acceptors (Lipinski definition) is 2. The predicted octanol–water partition coefficient (Wildman–Crippen LogP) is 3.07. The van der Waals surface area contributed by atoms with Crippen molar-refractivity contribution >= 4 is 30.5 Å². The summed E-state index contributed by atoms with van der Waals surface area (Å²) in [6.45, 7) is 0. The van der Waals surface area contributed by atoms with Crippen LogP contribution in [0.25, 0.3) is 0 Å². The van der Waals surface area contributed by atoms with Crippen molar-refractivity contribution in [3.05, 3.63) is 60.7 Å². The van der Waals surface area contributed by atoms with Gasteiger partial charge < -0.3 is 10.2 Å². The maximum absolute atomic E-state index is 11.6. The third-order valence-corrected chi connectivity index (χ3v) is 7.68. The second kappa shape index (κ2) is 7.79. The van der Waals surface area contributed by atoms with Crippen LogP contribution in [-0.2, 0) is 9.59 Å². The number of rotatable bonds is 5. The van der Waals surface area contributed by atoms with E-state index in [0.29, 0.717) is 12.8 Å². The van der Waals surface area contributed by atoms with Gasteiger partial charge in [-0.05, 0) is 43.5 Å². The van der Waals surface area contributed by atoms with Crippen LogP contribution < -0.4 is 10.6 Å². The molecule has 0 bridgehead atoms. The van der Waals surface area contributed by atoms with Crippen molar-refractivity contribution in [2.75, 3.05) is 0 Å². The molecule has 130 valence electrons. The summed E-state index contributed by atoms with van der Waals surface area (Å²) in [5.74, 6) is -2.94. The summed E-state index contributed by atoms with van der Waals surface area (Å²) in [6, 6.07) is 20.1. The topological polar surface area (TPSA) is 74.6 Å². The molecule has 1 fully saturated rings. The van der Waals surface area contributed by atoms with Crippen molar-refractivity contribution in [1.29, 1.82) is 0 Å². The molecule has 5 heteroatoms. The van der Waals surface area contributed by atoms with Crippen LogP contribution in [0.1, 0.15) is 19.3 Å². The Balaban J connectivity index is 1.99. The van der Waals surface area contributed by atoms with Crippen molar-refractivity contribution in [2.45, 2.75) is 24.9 Å². The molecule has 0 saturated heterocycles. The summed E-state index contributed by atoms with van der Waals surface area (Å²) in [6.07, 6.45) is 1.30. The van der Waals surface area contributed by atoms with Gasteiger partial charge in [0.15, 0.2) is 0 Å². The minimum Gasteiger partial charge on any atom is -0.481 e. The normalized spacial score (nSPS) is 23.3. The van der Waals surface area contributed by atoms with Gasteiger partial charge in [0.1, 0.15) is 0 Å². The molecule has 2 atom stereocenters. The lowest BCUT2D eigenvalue weighted by molar-refractivity contribution is -0.147. The molecule has 1 aliphatic carbocycles. The van der Waals surface area contributed by atoms with Gasteiger partial charge in [-0.3, -0.25) is 9.59 Å². The lowest BCUT2D eigenvalue weighted by Crippen LogP contribution is -2.36. The molecule has 2 aromatic carbocycles. The Labute approximate surface area is 148 Å². The standard InChI is InChI=1S/C20H21O4P/c21-19(22)14-11-15(20(23)24)13-18(12-14)25(16-7-3-1-4-8-16)17-9-5-2-6-10-17/h1-10,14-15,18H,11-13H2,(H,21,22)(H,23,24). The largest absolute Gasteiger partial charge is 0.481 e. The van der Waals surface area contributed by atoms with Crippen LogP contribution in [0.3, 0.4) is 0 Å². The Kier molecular flexibility index (Phi) is 5.50. The zero-order chi connectivity index (χ0) is 17.8. The van der Waals surface area contributed by atoms with Gasteiger partial charge >= 0.3 is 11.9 Å². The third-order valence-electron chi connectivity index (χ3n) is 4.81. The van der Waals surface area contributed by atoms with Gasteiger partial charge in [0, 0.05) is 0 Å². The average molecular weight is 356 g/mol. The zero-order valence-electron chi connectivity index (χ0n) is 13.8. The minimum atomic E-state index is -0.882. The number of benzene rings is 2. The Morgan fingerprint density at radius 1 is 0.720 bits per heavy atom. The van der Waals surface area contributed by atoms with Gasteiger partial charge in [-0.1, -0.05) is 60.7 Å². The fourth-order valence-electron chi connectivity index (χ4n) is 3.65. The first-order chi connectivity index (χ1) is 12.1. The van der Waals surface area contributed by atoms with E-state index in [4.69, 9.17) is 0 Å². The summed E-state index contributed by atoms with van der Waals surface area (Å²) in [5, 5.41) is 21.3. The molecule has 2 N–H and O–H groups in total. The molecule has 0 amide bonds. The number of carboxylic acids is 2. The molecule has 1 aliphatic rings. The van der Waals surface area contributed by atoms with Crippen molar-refractivity contribution in [3.8, 4) is 0 Å². The van der Waals surface area contributed by atoms with E-state index in [2.05, 4.69) is 24.3 Å². The second-order valence-corrected chi connectivity index (χ2v) is 8.98. The second-order valence-electron chi connectivity index (χ2n) is 6.47. The first kappa shape index (κ1) is 17.6. The van der Waals surface area contributed by atoms with Gasteiger partial charge in [-0.25, -0.2) is 0 Å². The van der Waals surface area contributed by atoms with Gasteiger partial charge in [0.25, 0.3) is 0 Å². The van der Waals surface area contributed by atoms with Crippen LogP contribution in [0.2, 0.25) is 0 Å². The van der Waals surface area contributed by atoms with Crippen LogP contribution in [0.15, 0.2) is 60.7 Å². The van der Waals surface area contributed by atoms with Crippen LogP contribution >= 0.6 is 7.92 Å². The lowest BCUT2D eigenvalue weighted by atomic mass is 9.81. The van der Waals surface area contributed by atoms with E-state index >= 15 is 0 Å². The summed E-state index contributed by atoms with van der Waals surface area (Å²) >= 11 is 0. The van der Waals surface area contributed by atoms with Crippen LogP contribution in [0, 0.1) is 11.8 Å². The first-order valence-electron chi connectivity index (χ1n) is 8.41. The van der Waals surface area contributed by atoms with Crippen molar-refractivity contribution < 1.29 is 19.8 Å². The highest BCUT2D eigenvalue weighted by Crippen LogP contribution is 2.49. The van der Waals surface area contributed by atoms with E-state index in [1.54, 1.807) is 0 Å². The molecule has 25 heavy (non-hydrogen) atoms. The van der Waals surface area contributed by atoms with Gasteiger partial charge in [-0.15, -0.1) is 0 Å². The van der Waals surface area contributed by atoms with Gasteiger partial charge in [-0.2, -0.15) is 0 Å². The average Bonchev–Trinajstić information content (AvgIpc) is 2.63. The van der Waals surface area contributed by atoms with Crippen LogP contribution in [-0.4, -0.2) is 27.8 Å². The molecule has 0 aliphatic heterocycles. The Morgan fingerprint density at radius 2 is 1.12 bits per heavy atom. The molecular weight excluding hydrogens is 335 g/mol. The Hall–Kier alpha value is -2.19. The van der Waals surface area contributed by atoms with Crippen molar-refractivity contribution in [2.24, 2.45) is 11.8 Å². The molecule has 2 aromatic rings. The maximum atomic E-state index is 11.6. The number of aliphatic carboxylic acids is 2. The molecule has 1 saturated carbocycles. The SMILES string of the molecule is O=C(O)C1CC(C(=O)O)CC(P(c2ccccc2)c2ccccc2)C1. The van der Waals surface area contributed by atoms with E-state index in [1.165, 1.54) is 10.6 Å². The van der Waals surface area contributed by atoms with Gasteiger partial charge in [0.2, 0.25) is 0 Å². The summed E-state index contributed by atoms with van der Waals surface area (Å²) in [4.78, 5) is 23.2. The monoisotopic (exact) mass is 356 g/mol. The highest BCUT2D eigenvalue weighted by atomic mass is 31.1. The number of carboxylic acid groups (broad SMARTS) is 2. The van der Waals surface area contributed by atoms with E-state index in [0.717, 1.165) is 0 Å². The predicted molar refractivity (Wildman–Crippen MR) is 99.0 cm³/mol. The molecule has 2 unspecified atom stereocenters. The minimum absolute atomic E-state index is 0.0516. The molecule has 0 spiro atoms. The van der Waals surface area contributed by atoms with E-state index < -0.39 is 31.7 Å². The smallest absolute Gasteiger partial charge is 0.306 e. The Bertz CT molecular complexity index is 670. The summed E-state index contributed by atoms with van der Waals surface area (Å²) < 4.78 is 0. The zero-order valence-corrected chi connectivity index (χ0v) is 14.7. The summed E-state index contributed by atoms with van der Waals surface area (Å²) in [7, 11) is -0.798. The quantitative estimate of drug-likeness (QED) is 0.808. The van der Waals surface area contributed by atoms with E-state index in [-0.39, 0.29) is 12.1 Å². The molecule has 4 nitrogen and oxygen atoms in total. The van der Waals surface area contributed by atoms with Crippen LogP contribution in [0.5, 0.6) is 0 Å². The molecule has 0 radical (unpaired) electrons. The van der Waals surface area contributed by atoms with Crippen molar-refractivity contribution in [3.63, 3.8) is 0 Å². The molecular formula is C20H21O4P. The van der Waals surface area contributed by atoms with Crippen molar-refractivity contribution in [1.82, 2.24) is 0 Å². The third kappa shape index (κ3) is 4.08. The molecule has 0 heterocycles. The van der Waals surface area contributed by atoms with Crippen LogP contribution in [0.4, 0.5) is 0 Å². The maximum Gasteiger partial charge on any atom is 0.306 e. The lowest BCUT2D eigenvalue weighted by Gasteiger charge is -2.36. The van der Waals surface area contributed by atoms with Gasteiger partial charge in [0.05, 0.1) is 11.8 Å². The highest BCUT2D eigenvalue weighted by Gasteiger charge is 2.40. The van der Waals surface area contributed by atoms with E-state index in [9.17, 15) is 19.8 Å². The fourth-order valence-corrected chi connectivity index (χ4v) is 6.71. The highest BCUT2D eigenvalue weighted by molar-refractivity contribution is 7.73. The Morgan fingerprint density at radius 3 is 1.48 bits per heavy atom. The molecule has 0 aromatic heterocycles. The fraction of sp³-hybridized carbons (Fsp3) is 0.300. The number of hydrogen-bond donors (Lipinski definition) is 2.